The van der Waals surface area contributed by atoms with Gasteiger partial charge in [0.2, 0.25) is 0 Å². The molecule has 2 aliphatic carbocycles. The van der Waals surface area contributed by atoms with Gasteiger partial charge < -0.3 is 0 Å². The minimum absolute atomic E-state index is 0.153. The molecule has 1 heterocycles. The van der Waals surface area contributed by atoms with Gasteiger partial charge in [0.25, 0.3) is 0 Å². The molecule has 1 spiro atoms. The van der Waals surface area contributed by atoms with Crippen LogP contribution in [0, 0.1) is 0 Å². The molecule has 0 unspecified atom stereocenters. The molecule has 1 fully saturated rings. The Morgan fingerprint density at radius 2 is 0.759 bits per heavy atom. The Bertz CT molecular complexity index is 2620. The highest BCUT2D eigenvalue weighted by Gasteiger charge is 2.44. The van der Waals surface area contributed by atoms with Crippen molar-refractivity contribution >= 4 is 0 Å². The Balaban J connectivity index is 1.02. The van der Waals surface area contributed by atoms with Gasteiger partial charge in [0.1, 0.15) is 0 Å². The lowest BCUT2D eigenvalue weighted by molar-refractivity contribution is 0.353. The summed E-state index contributed by atoms with van der Waals surface area (Å²) in [6.45, 7) is 0. The zero-order valence-corrected chi connectivity index (χ0v) is 30.1. The van der Waals surface area contributed by atoms with E-state index < -0.39 is 0 Å². The van der Waals surface area contributed by atoms with Crippen molar-refractivity contribution in [3.63, 3.8) is 0 Å². The number of nitrogens with zero attached hydrogens (tertiary/aromatic N) is 3. The molecule has 0 amide bonds. The molecule has 0 saturated heterocycles. The standard InChI is InChI=1S/C51H39N3/c1-4-15-35(16-5-1)39-19-12-21-41(33-39)49-52-48(38-17-6-2-7-18-38)53-50(54-49)42-22-13-20-40(34-42)36-27-29-37(30-28-36)43-24-14-26-46-47(43)44-23-8-9-25-45(44)51(46)31-10-3-11-32-51/h1-2,4-9,12-30,33-34H,3,10-11,31-32H2. The summed E-state index contributed by atoms with van der Waals surface area (Å²) in [6.07, 6.45) is 6.42. The fourth-order valence-corrected chi connectivity index (χ4v) is 8.94. The van der Waals surface area contributed by atoms with E-state index in [0.29, 0.717) is 17.5 Å². The molecule has 0 N–H and O–H groups in total. The molecule has 0 radical (unpaired) electrons. The summed E-state index contributed by atoms with van der Waals surface area (Å²) in [6, 6.07) is 62.9. The smallest absolute Gasteiger partial charge is 0.164 e. The first-order valence-corrected chi connectivity index (χ1v) is 19.2. The molecule has 8 aromatic rings. The minimum Gasteiger partial charge on any atom is -0.208 e. The van der Waals surface area contributed by atoms with E-state index in [2.05, 4.69) is 152 Å². The largest absolute Gasteiger partial charge is 0.208 e. The van der Waals surface area contributed by atoms with Crippen LogP contribution in [0.15, 0.2) is 176 Å². The topological polar surface area (TPSA) is 38.7 Å². The van der Waals surface area contributed by atoms with E-state index in [1.807, 2.05) is 24.3 Å². The lowest BCUT2D eigenvalue weighted by Crippen LogP contribution is -2.27. The highest BCUT2D eigenvalue weighted by Crippen LogP contribution is 2.57. The van der Waals surface area contributed by atoms with Crippen molar-refractivity contribution in [3.05, 3.63) is 187 Å². The van der Waals surface area contributed by atoms with Crippen molar-refractivity contribution in [2.45, 2.75) is 37.5 Å². The van der Waals surface area contributed by atoms with Crippen molar-refractivity contribution in [1.82, 2.24) is 15.0 Å². The highest BCUT2D eigenvalue weighted by atomic mass is 15.0. The van der Waals surface area contributed by atoms with Crippen LogP contribution in [-0.2, 0) is 5.41 Å². The Morgan fingerprint density at radius 3 is 1.41 bits per heavy atom. The second-order valence-corrected chi connectivity index (χ2v) is 14.7. The zero-order chi connectivity index (χ0) is 35.9. The van der Waals surface area contributed by atoms with Gasteiger partial charge in [0, 0.05) is 22.1 Å². The Labute approximate surface area is 317 Å². The van der Waals surface area contributed by atoms with Gasteiger partial charge in [-0.1, -0.05) is 183 Å². The molecule has 1 saturated carbocycles. The van der Waals surface area contributed by atoms with E-state index in [-0.39, 0.29) is 5.41 Å². The van der Waals surface area contributed by atoms with E-state index in [1.54, 1.807) is 0 Å². The van der Waals surface area contributed by atoms with Crippen LogP contribution >= 0.6 is 0 Å². The van der Waals surface area contributed by atoms with Crippen molar-refractivity contribution in [2.24, 2.45) is 0 Å². The monoisotopic (exact) mass is 693 g/mol. The zero-order valence-electron chi connectivity index (χ0n) is 30.1. The molecule has 0 bridgehead atoms. The Hall–Kier alpha value is -6.45. The summed E-state index contributed by atoms with van der Waals surface area (Å²) in [5.74, 6) is 1.96. The predicted molar refractivity (Wildman–Crippen MR) is 222 cm³/mol. The second kappa shape index (κ2) is 13.5. The number of rotatable bonds is 6. The first-order valence-electron chi connectivity index (χ1n) is 19.2. The Kier molecular flexibility index (Phi) is 8.06. The van der Waals surface area contributed by atoms with Gasteiger partial charge in [-0.15, -0.1) is 0 Å². The quantitative estimate of drug-likeness (QED) is 0.174. The summed E-state index contributed by atoms with van der Waals surface area (Å²) < 4.78 is 0. The molecule has 7 aromatic carbocycles. The van der Waals surface area contributed by atoms with Crippen LogP contribution in [0.3, 0.4) is 0 Å². The first-order chi connectivity index (χ1) is 26.7. The molecule has 0 atom stereocenters. The second-order valence-electron chi connectivity index (χ2n) is 14.7. The molecule has 2 aliphatic rings. The molecular formula is C51H39N3. The Morgan fingerprint density at radius 1 is 0.315 bits per heavy atom. The SMILES string of the molecule is c1ccc(-c2cccc(-c3nc(-c4ccccc4)nc(-c4cccc(-c5ccc(-c6cccc7c6-c6ccccc6C76CCCCC6)cc5)c4)n3)c2)cc1. The van der Waals surface area contributed by atoms with Gasteiger partial charge in [-0.25, -0.2) is 15.0 Å². The van der Waals surface area contributed by atoms with Crippen molar-refractivity contribution in [1.29, 1.82) is 0 Å². The number of hydrogen-bond donors (Lipinski definition) is 0. The molecule has 54 heavy (non-hydrogen) atoms. The van der Waals surface area contributed by atoms with Crippen molar-refractivity contribution in [3.8, 4) is 78.7 Å². The maximum Gasteiger partial charge on any atom is 0.164 e. The molecule has 0 aliphatic heterocycles. The van der Waals surface area contributed by atoms with Gasteiger partial charge in [-0.2, -0.15) is 0 Å². The van der Waals surface area contributed by atoms with Crippen LogP contribution < -0.4 is 0 Å². The third-order valence-electron chi connectivity index (χ3n) is 11.5. The third kappa shape index (κ3) is 5.64. The lowest BCUT2D eigenvalue weighted by Gasteiger charge is -2.36. The maximum absolute atomic E-state index is 5.09. The van der Waals surface area contributed by atoms with E-state index in [1.165, 1.54) is 65.5 Å². The molecular weight excluding hydrogens is 655 g/mol. The van der Waals surface area contributed by atoms with Crippen LogP contribution in [0.25, 0.3) is 78.7 Å². The first kappa shape index (κ1) is 32.2. The summed E-state index contributed by atoms with van der Waals surface area (Å²) in [4.78, 5) is 15.1. The molecule has 258 valence electrons. The highest BCUT2D eigenvalue weighted by molar-refractivity contribution is 5.93. The lowest BCUT2D eigenvalue weighted by atomic mass is 9.68. The van der Waals surface area contributed by atoms with Crippen LogP contribution in [0.5, 0.6) is 0 Å². The van der Waals surface area contributed by atoms with Crippen molar-refractivity contribution in [2.75, 3.05) is 0 Å². The third-order valence-corrected chi connectivity index (χ3v) is 11.5. The molecule has 1 aromatic heterocycles. The summed E-state index contributed by atoms with van der Waals surface area (Å²) in [5, 5.41) is 0. The molecule has 3 heteroatoms. The summed E-state index contributed by atoms with van der Waals surface area (Å²) >= 11 is 0. The van der Waals surface area contributed by atoms with Gasteiger partial charge in [0.15, 0.2) is 17.5 Å². The fourth-order valence-electron chi connectivity index (χ4n) is 8.94. The average Bonchev–Trinajstić information content (AvgIpc) is 3.53. The van der Waals surface area contributed by atoms with Crippen LogP contribution in [-0.4, -0.2) is 15.0 Å². The predicted octanol–water partition coefficient (Wildman–Crippen LogP) is 13.1. The van der Waals surface area contributed by atoms with Crippen LogP contribution in [0.2, 0.25) is 0 Å². The molecule has 3 nitrogen and oxygen atoms in total. The minimum atomic E-state index is 0.153. The summed E-state index contributed by atoms with van der Waals surface area (Å²) in [7, 11) is 0. The summed E-state index contributed by atoms with van der Waals surface area (Å²) in [5.41, 5.74) is 16.1. The van der Waals surface area contributed by atoms with Gasteiger partial charge in [0.05, 0.1) is 0 Å². The number of benzene rings is 7. The van der Waals surface area contributed by atoms with Crippen molar-refractivity contribution < 1.29 is 0 Å². The van der Waals surface area contributed by atoms with Crippen LogP contribution in [0.1, 0.15) is 43.2 Å². The number of aromatic nitrogens is 3. The normalized spacial score (nSPS) is 14.1. The number of hydrogen-bond acceptors (Lipinski definition) is 3. The van der Waals surface area contributed by atoms with Gasteiger partial charge in [-0.3, -0.25) is 0 Å². The van der Waals surface area contributed by atoms with E-state index >= 15 is 0 Å². The van der Waals surface area contributed by atoms with E-state index in [0.717, 1.165) is 38.9 Å². The van der Waals surface area contributed by atoms with Gasteiger partial charge in [-0.05, 0) is 80.6 Å². The maximum atomic E-state index is 5.09. The van der Waals surface area contributed by atoms with E-state index in [4.69, 9.17) is 15.0 Å². The van der Waals surface area contributed by atoms with E-state index in [9.17, 15) is 0 Å². The van der Waals surface area contributed by atoms with Gasteiger partial charge >= 0.3 is 0 Å². The van der Waals surface area contributed by atoms with Crippen LogP contribution in [0.4, 0.5) is 0 Å². The fraction of sp³-hybridized carbons (Fsp3) is 0.118. The molecule has 10 rings (SSSR count). The number of fused-ring (bicyclic) bond motifs is 5. The average molecular weight is 694 g/mol.